The van der Waals surface area contributed by atoms with Gasteiger partial charge in [-0.15, -0.1) is 0 Å². The Hall–Kier alpha value is -3.01. The second-order valence-electron chi connectivity index (χ2n) is 6.53. The molecule has 0 radical (unpaired) electrons. The van der Waals surface area contributed by atoms with Crippen LogP contribution in [0.4, 0.5) is 11.4 Å². The third-order valence-corrected chi connectivity index (χ3v) is 4.25. The molecule has 0 saturated carbocycles. The second-order valence-corrected chi connectivity index (χ2v) is 6.53. The van der Waals surface area contributed by atoms with Crippen molar-refractivity contribution in [3.63, 3.8) is 0 Å². The molecule has 4 heteroatoms. The molecule has 3 aromatic carbocycles. The molecule has 0 fully saturated rings. The van der Waals surface area contributed by atoms with Crippen molar-refractivity contribution < 1.29 is 9.47 Å². The van der Waals surface area contributed by atoms with Crippen molar-refractivity contribution >= 4 is 28.0 Å². The lowest BCUT2D eigenvalue weighted by molar-refractivity contribution is 0.224. The van der Waals surface area contributed by atoms with E-state index < -0.39 is 0 Å². The minimum Gasteiger partial charge on any atom is -0.490 e. The van der Waals surface area contributed by atoms with Crippen LogP contribution in [0.1, 0.15) is 26.3 Å². The van der Waals surface area contributed by atoms with Crippen LogP contribution in [0, 0.1) is 0 Å². The van der Waals surface area contributed by atoms with Crippen molar-refractivity contribution in [2.75, 3.05) is 11.9 Å². The van der Waals surface area contributed by atoms with E-state index in [-0.39, 0.29) is 6.10 Å². The maximum Gasteiger partial charge on any atom is 0.161 e. The van der Waals surface area contributed by atoms with Gasteiger partial charge in [0.25, 0.3) is 0 Å². The van der Waals surface area contributed by atoms with Crippen LogP contribution in [0.3, 0.4) is 0 Å². The van der Waals surface area contributed by atoms with Gasteiger partial charge in [-0.3, -0.25) is 0 Å². The van der Waals surface area contributed by atoms with Crippen LogP contribution in [-0.4, -0.2) is 18.5 Å². The number of hydrogen-bond donors (Lipinski definition) is 1. The average Bonchev–Trinajstić information content (AvgIpc) is 2.63. The zero-order chi connectivity index (χ0) is 18.1. The standard InChI is InChI=1S/C22H22N2O2/c1-4-25-20-13-16(11-12-19(20)26-14(2)3)22-23-17-9-5-7-15-8-6-10-18(24-22)21(15)17/h5-14H,4H2,1-3H3,(H,23,24). The van der Waals surface area contributed by atoms with Crippen molar-refractivity contribution in [3.05, 3.63) is 60.2 Å². The smallest absolute Gasteiger partial charge is 0.161 e. The number of rotatable bonds is 5. The van der Waals surface area contributed by atoms with Crippen LogP contribution in [0.2, 0.25) is 0 Å². The Morgan fingerprint density at radius 3 is 2.58 bits per heavy atom. The predicted octanol–water partition coefficient (Wildman–Crippen LogP) is 5.53. The molecule has 0 saturated heterocycles. The van der Waals surface area contributed by atoms with E-state index in [1.165, 1.54) is 5.39 Å². The largest absolute Gasteiger partial charge is 0.490 e. The van der Waals surface area contributed by atoms with Crippen LogP contribution in [0.15, 0.2) is 59.6 Å². The van der Waals surface area contributed by atoms with Gasteiger partial charge in [-0.05, 0) is 56.5 Å². The average molecular weight is 346 g/mol. The Kier molecular flexibility index (Phi) is 4.25. The first-order chi connectivity index (χ1) is 12.7. The molecule has 0 aromatic heterocycles. The van der Waals surface area contributed by atoms with Gasteiger partial charge < -0.3 is 14.8 Å². The molecule has 132 valence electrons. The molecule has 0 bridgehead atoms. The van der Waals surface area contributed by atoms with Crippen LogP contribution < -0.4 is 14.8 Å². The summed E-state index contributed by atoms with van der Waals surface area (Å²) in [4.78, 5) is 4.83. The van der Waals surface area contributed by atoms with E-state index in [2.05, 4.69) is 29.6 Å². The lowest BCUT2D eigenvalue weighted by atomic mass is 10.0. The maximum absolute atomic E-state index is 5.86. The summed E-state index contributed by atoms with van der Waals surface area (Å²) in [7, 11) is 0. The van der Waals surface area contributed by atoms with E-state index in [1.54, 1.807) is 0 Å². The third-order valence-electron chi connectivity index (χ3n) is 4.25. The lowest BCUT2D eigenvalue weighted by Crippen LogP contribution is -2.16. The molecule has 4 nitrogen and oxygen atoms in total. The van der Waals surface area contributed by atoms with E-state index in [0.717, 1.165) is 39.7 Å². The van der Waals surface area contributed by atoms with E-state index in [1.807, 2.05) is 51.1 Å². The summed E-state index contributed by atoms with van der Waals surface area (Å²) in [5, 5.41) is 5.80. The number of nitrogens with zero attached hydrogens (tertiary/aromatic N) is 1. The molecule has 1 aliphatic rings. The van der Waals surface area contributed by atoms with Crippen molar-refractivity contribution in [2.24, 2.45) is 4.99 Å². The number of benzene rings is 3. The molecule has 0 unspecified atom stereocenters. The van der Waals surface area contributed by atoms with E-state index in [0.29, 0.717) is 6.61 Å². The minimum atomic E-state index is 0.0923. The highest BCUT2D eigenvalue weighted by molar-refractivity contribution is 6.19. The van der Waals surface area contributed by atoms with Gasteiger partial charge >= 0.3 is 0 Å². The second kappa shape index (κ2) is 6.71. The molecule has 1 N–H and O–H groups in total. The first-order valence-electron chi connectivity index (χ1n) is 8.97. The number of hydrogen-bond acceptors (Lipinski definition) is 4. The number of aliphatic imine (C=N–C) groups is 1. The van der Waals surface area contributed by atoms with Crippen molar-refractivity contribution in [1.29, 1.82) is 0 Å². The van der Waals surface area contributed by atoms with Gasteiger partial charge in [-0.2, -0.15) is 0 Å². The summed E-state index contributed by atoms with van der Waals surface area (Å²) >= 11 is 0. The van der Waals surface area contributed by atoms with Gasteiger partial charge in [-0.1, -0.05) is 24.3 Å². The Morgan fingerprint density at radius 2 is 1.81 bits per heavy atom. The van der Waals surface area contributed by atoms with Gasteiger partial charge in [0.1, 0.15) is 5.84 Å². The molecule has 1 aliphatic heterocycles. The maximum atomic E-state index is 5.86. The van der Waals surface area contributed by atoms with Gasteiger partial charge in [0.2, 0.25) is 0 Å². The first kappa shape index (κ1) is 16.5. The molecule has 3 aromatic rings. The summed E-state index contributed by atoms with van der Waals surface area (Å²) < 4.78 is 11.6. The number of nitrogens with one attached hydrogen (secondary N) is 1. The topological polar surface area (TPSA) is 42.8 Å². The van der Waals surface area contributed by atoms with E-state index in [4.69, 9.17) is 14.5 Å². The molecule has 26 heavy (non-hydrogen) atoms. The predicted molar refractivity (Wildman–Crippen MR) is 107 cm³/mol. The number of anilines is 1. The van der Waals surface area contributed by atoms with Gasteiger partial charge in [0, 0.05) is 16.6 Å². The van der Waals surface area contributed by atoms with Crippen LogP contribution in [0.5, 0.6) is 11.5 Å². The molecule has 4 rings (SSSR count). The lowest BCUT2D eigenvalue weighted by Gasteiger charge is -2.20. The molecule has 0 amide bonds. The SMILES string of the molecule is CCOc1cc(C2=Nc3cccc4cccc(c34)N2)ccc1OC(C)C. The Balaban J connectivity index is 1.77. The Labute approximate surface area is 153 Å². The third kappa shape index (κ3) is 2.99. The fraction of sp³-hybridized carbons (Fsp3) is 0.227. The monoisotopic (exact) mass is 346 g/mol. The number of ether oxygens (including phenoxy) is 2. The van der Waals surface area contributed by atoms with Crippen molar-refractivity contribution in [3.8, 4) is 11.5 Å². The van der Waals surface area contributed by atoms with Crippen molar-refractivity contribution in [1.82, 2.24) is 0 Å². The summed E-state index contributed by atoms with van der Waals surface area (Å²) in [5.74, 6) is 2.30. The number of amidine groups is 1. The summed E-state index contributed by atoms with van der Waals surface area (Å²) in [6.45, 7) is 6.57. The molecule has 0 atom stereocenters. The highest BCUT2D eigenvalue weighted by atomic mass is 16.5. The Bertz CT molecular complexity index is 987. The fourth-order valence-corrected chi connectivity index (χ4v) is 3.21. The Morgan fingerprint density at radius 1 is 1.00 bits per heavy atom. The molecule has 0 spiro atoms. The minimum absolute atomic E-state index is 0.0923. The first-order valence-corrected chi connectivity index (χ1v) is 8.97. The van der Waals surface area contributed by atoms with Crippen LogP contribution in [0.25, 0.3) is 10.8 Å². The van der Waals surface area contributed by atoms with E-state index in [9.17, 15) is 0 Å². The normalized spacial score (nSPS) is 12.7. The quantitative estimate of drug-likeness (QED) is 0.660. The molecule has 0 aliphatic carbocycles. The van der Waals surface area contributed by atoms with Gasteiger partial charge in [0.05, 0.1) is 18.4 Å². The highest BCUT2D eigenvalue weighted by Gasteiger charge is 2.17. The molecular formula is C22H22N2O2. The van der Waals surface area contributed by atoms with Crippen molar-refractivity contribution in [2.45, 2.75) is 26.9 Å². The van der Waals surface area contributed by atoms with E-state index >= 15 is 0 Å². The molecular weight excluding hydrogens is 324 g/mol. The zero-order valence-electron chi connectivity index (χ0n) is 15.2. The highest BCUT2D eigenvalue weighted by Crippen LogP contribution is 2.37. The summed E-state index contributed by atoms with van der Waals surface area (Å²) in [5.41, 5.74) is 3.02. The zero-order valence-corrected chi connectivity index (χ0v) is 15.2. The van der Waals surface area contributed by atoms with Crippen LogP contribution in [-0.2, 0) is 0 Å². The summed E-state index contributed by atoms with van der Waals surface area (Å²) in [6.07, 6.45) is 0.0923. The van der Waals surface area contributed by atoms with Gasteiger partial charge in [-0.25, -0.2) is 4.99 Å². The fourth-order valence-electron chi connectivity index (χ4n) is 3.21. The van der Waals surface area contributed by atoms with Crippen LogP contribution >= 0.6 is 0 Å². The molecule has 1 heterocycles. The summed E-state index contributed by atoms with van der Waals surface area (Å²) in [6, 6.07) is 18.4. The van der Waals surface area contributed by atoms with Gasteiger partial charge in [0.15, 0.2) is 11.5 Å².